The van der Waals surface area contributed by atoms with Gasteiger partial charge in [0.2, 0.25) is 5.91 Å². The summed E-state index contributed by atoms with van der Waals surface area (Å²) in [6.45, 7) is 6.23. The van der Waals surface area contributed by atoms with Crippen molar-refractivity contribution in [2.75, 3.05) is 5.32 Å². The molecule has 0 aromatic heterocycles. The summed E-state index contributed by atoms with van der Waals surface area (Å²) < 4.78 is 0. The minimum Gasteiger partial charge on any atom is -0.481 e. The van der Waals surface area contributed by atoms with Gasteiger partial charge in [-0.15, -0.1) is 0 Å². The number of aliphatic carboxylic acids is 1. The molecule has 2 rings (SSSR count). The Morgan fingerprint density at radius 2 is 1.73 bits per heavy atom. The average molecular weight is 303 g/mol. The van der Waals surface area contributed by atoms with E-state index in [1.807, 2.05) is 19.1 Å². The van der Waals surface area contributed by atoms with Gasteiger partial charge in [-0.1, -0.05) is 32.0 Å². The molecule has 1 aliphatic carbocycles. The van der Waals surface area contributed by atoms with E-state index in [4.69, 9.17) is 5.11 Å². The number of hydrogen-bond acceptors (Lipinski definition) is 2. The number of hydrogen-bond donors (Lipinski definition) is 2. The maximum Gasteiger partial charge on any atom is 0.306 e. The van der Waals surface area contributed by atoms with Gasteiger partial charge in [-0.05, 0) is 49.7 Å². The molecule has 4 nitrogen and oxygen atoms in total. The molecule has 0 saturated heterocycles. The van der Waals surface area contributed by atoms with E-state index in [1.54, 1.807) is 0 Å². The van der Waals surface area contributed by atoms with E-state index in [9.17, 15) is 9.59 Å². The number of carboxylic acid groups (broad SMARTS) is 1. The van der Waals surface area contributed by atoms with Gasteiger partial charge in [0.1, 0.15) is 0 Å². The normalized spacial score (nSPS) is 21.6. The van der Waals surface area contributed by atoms with Crippen molar-refractivity contribution in [3.63, 3.8) is 0 Å². The van der Waals surface area contributed by atoms with Gasteiger partial charge < -0.3 is 10.4 Å². The molecule has 0 unspecified atom stereocenters. The molecule has 4 heteroatoms. The molecule has 2 N–H and O–H groups in total. The highest BCUT2D eigenvalue weighted by atomic mass is 16.4. The van der Waals surface area contributed by atoms with Crippen LogP contribution in [0.2, 0.25) is 0 Å². The van der Waals surface area contributed by atoms with Crippen LogP contribution in [-0.4, -0.2) is 17.0 Å². The fourth-order valence-corrected chi connectivity index (χ4v) is 3.17. The first-order valence-electron chi connectivity index (χ1n) is 8.03. The SMILES string of the molecule is Cc1cccc(C(C)C)c1NC(=O)C1CCC(C(=O)O)CC1. The highest BCUT2D eigenvalue weighted by Gasteiger charge is 2.30. The molecule has 22 heavy (non-hydrogen) atoms. The number of nitrogens with one attached hydrogen (secondary N) is 1. The Hall–Kier alpha value is -1.84. The van der Waals surface area contributed by atoms with E-state index in [2.05, 4.69) is 25.2 Å². The minimum atomic E-state index is -0.736. The zero-order valence-corrected chi connectivity index (χ0v) is 13.6. The van der Waals surface area contributed by atoms with Crippen LogP contribution >= 0.6 is 0 Å². The second kappa shape index (κ2) is 6.95. The number of carboxylic acids is 1. The second-order valence-corrected chi connectivity index (χ2v) is 6.57. The summed E-state index contributed by atoms with van der Waals surface area (Å²) in [5, 5.41) is 12.1. The third kappa shape index (κ3) is 3.67. The first-order valence-corrected chi connectivity index (χ1v) is 8.03. The maximum absolute atomic E-state index is 12.5. The third-order valence-corrected chi connectivity index (χ3v) is 4.62. The number of para-hydroxylation sites is 1. The van der Waals surface area contributed by atoms with E-state index < -0.39 is 5.97 Å². The van der Waals surface area contributed by atoms with E-state index >= 15 is 0 Å². The Labute approximate surface area is 131 Å². The number of rotatable bonds is 4. The zero-order valence-electron chi connectivity index (χ0n) is 13.6. The number of aryl methyl sites for hydroxylation is 1. The number of anilines is 1. The largest absolute Gasteiger partial charge is 0.481 e. The van der Waals surface area contributed by atoms with Crippen LogP contribution < -0.4 is 5.32 Å². The van der Waals surface area contributed by atoms with Gasteiger partial charge in [0.15, 0.2) is 0 Å². The van der Waals surface area contributed by atoms with Crippen LogP contribution in [0.25, 0.3) is 0 Å². The molecule has 1 aromatic carbocycles. The molecule has 1 saturated carbocycles. The standard InChI is InChI=1S/C18H25NO3/c1-11(2)15-6-4-5-12(3)16(15)19-17(20)13-7-9-14(10-8-13)18(21)22/h4-6,11,13-14H,7-10H2,1-3H3,(H,19,20)(H,21,22). The number of carbonyl (C=O) groups is 2. The summed E-state index contributed by atoms with van der Waals surface area (Å²) in [4.78, 5) is 23.5. The lowest BCUT2D eigenvalue weighted by Crippen LogP contribution is -2.30. The Balaban J connectivity index is 2.06. The van der Waals surface area contributed by atoms with Gasteiger partial charge in [0, 0.05) is 11.6 Å². The van der Waals surface area contributed by atoms with E-state index in [0.29, 0.717) is 31.6 Å². The van der Waals surface area contributed by atoms with Crippen LogP contribution in [0.4, 0.5) is 5.69 Å². The van der Waals surface area contributed by atoms with Crippen LogP contribution in [0.1, 0.15) is 56.6 Å². The molecule has 0 bridgehead atoms. The lowest BCUT2D eigenvalue weighted by atomic mass is 9.81. The lowest BCUT2D eigenvalue weighted by molar-refractivity contribution is -0.143. The van der Waals surface area contributed by atoms with Crippen molar-refractivity contribution in [3.8, 4) is 0 Å². The smallest absolute Gasteiger partial charge is 0.306 e. The van der Waals surface area contributed by atoms with Crippen LogP contribution in [0.3, 0.4) is 0 Å². The molecule has 1 aliphatic rings. The molecule has 0 atom stereocenters. The minimum absolute atomic E-state index is 0.0278. The molecule has 0 spiro atoms. The van der Waals surface area contributed by atoms with Crippen molar-refractivity contribution in [3.05, 3.63) is 29.3 Å². The van der Waals surface area contributed by atoms with Crippen molar-refractivity contribution in [2.45, 2.75) is 52.4 Å². The fourth-order valence-electron chi connectivity index (χ4n) is 3.17. The molecule has 1 fully saturated rings. The van der Waals surface area contributed by atoms with Gasteiger partial charge in [0.25, 0.3) is 0 Å². The van der Waals surface area contributed by atoms with Crippen LogP contribution in [-0.2, 0) is 9.59 Å². The van der Waals surface area contributed by atoms with Gasteiger partial charge in [-0.2, -0.15) is 0 Å². The molecule has 0 aliphatic heterocycles. The van der Waals surface area contributed by atoms with E-state index in [-0.39, 0.29) is 17.7 Å². The highest BCUT2D eigenvalue weighted by Crippen LogP contribution is 2.32. The molecule has 1 amide bonds. The lowest BCUT2D eigenvalue weighted by Gasteiger charge is -2.26. The number of benzene rings is 1. The molecular weight excluding hydrogens is 278 g/mol. The quantitative estimate of drug-likeness (QED) is 0.885. The van der Waals surface area contributed by atoms with Crippen molar-refractivity contribution >= 4 is 17.6 Å². The number of amides is 1. The third-order valence-electron chi connectivity index (χ3n) is 4.62. The topological polar surface area (TPSA) is 66.4 Å². The maximum atomic E-state index is 12.5. The molecule has 120 valence electrons. The van der Waals surface area contributed by atoms with E-state index in [0.717, 1.165) is 16.8 Å². The van der Waals surface area contributed by atoms with E-state index in [1.165, 1.54) is 0 Å². The predicted octanol–water partition coefficient (Wildman–Crippen LogP) is 3.95. The molecule has 1 aromatic rings. The Morgan fingerprint density at radius 3 is 2.27 bits per heavy atom. The second-order valence-electron chi connectivity index (χ2n) is 6.57. The fraction of sp³-hybridized carbons (Fsp3) is 0.556. The van der Waals surface area contributed by atoms with Gasteiger partial charge in [0.05, 0.1) is 5.92 Å². The zero-order chi connectivity index (χ0) is 16.3. The van der Waals surface area contributed by atoms with Crippen molar-refractivity contribution in [1.82, 2.24) is 0 Å². The molecule has 0 heterocycles. The van der Waals surface area contributed by atoms with Gasteiger partial charge >= 0.3 is 5.97 Å². The Bertz CT molecular complexity index is 557. The highest BCUT2D eigenvalue weighted by molar-refractivity contribution is 5.94. The van der Waals surface area contributed by atoms with Gasteiger partial charge in [-0.25, -0.2) is 0 Å². The summed E-state index contributed by atoms with van der Waals surface area (Å²) in [6, 6.07) is 6.07. The van der Waals surface area contributed by atoms with Crippen molar-refractivity contribution in [2.24, 2.45) is 11.8 Å². The summed E-state index contributed by atoms with van der Waals surface area (Å²) in [5.74, 6) is -0.721. The Morgan fingerprint density at radius 1 is 1.14 bits per heavy atom. The van der Waals surface area contributed by atoms with Crippen molar-refractivity contribution < 1.29 is 14.7 Å². The summed E-state index contributed by atoms with van der Waals surface area (Å²) in [7, 11) is 0. The van der Waals surface area contributed by atoms with Crippen LogP contribution in [0, 0.1) is 18.8 Å². The first kappa shape index (κ1) is 16.5. The first-order chi connectivity index (χ1) is 10.4. The average Bonchev–Trinajstić information content (AvgIpc) is 2.49. The monoisotopic (exact) mass is 303 g/mol. The van der Waals surface area contributed by atoms with Crippen LogP contribution in [0.15, 0.2) is 18.2 Å². The van der Waals surface area contributed by atoms with Crippen molar-refractivity contribution in [1.29, 1.82) is 0 Å². The summed E-state index contributed by atoms with van der Waals surface area (Å²) in [5.41, 5.74) is 3.13. The van der Waals surface area contributed by atoms with Gasteiger partial charge in [-0.3, -0.25) is 9.59 Å². The molecule has 0 radical (unpaired) electrons. The number of carbonyl (C=O) groups excluding carboxylic acids is 1. The summed E-state index contributed by atoms with van der Waals surface area (Å²) in [6.07, 6.45) is 2.51. The molecular formula is C18H25NO3. The summed E-state index contributed by atoms with van der Waals surface area (Å²) >= 11 is 0. The Kier molecular flexibility index (Phi) is 5.22. The predicted molar refractivity (Wildman–Crippen MR) is 87.0 cm³/mol. The van der Waals surface area contributed by atoms with Crippen LogP contribution in [0.5, 0.6) is 0 Å².